The maximum absolute atomic E-state index is 12.0. The Labute approximate surface area is 112 Å². The molecule has 0 bridgehead atoms. The Bertz CT molecular complexity index is 610. The van der Waals surface area contributed by atoms with Crippen LogP contribution in [-0.4, -0.2) is 51.7 Å². The van der Waals surface area contributed by atoms with Crippen LogP contribution in [0.5, 0.6) is 0 Å². The molecule has 0 saturated heterocycles. The highest BCUT2D eigenvalue weighted by Crippen LogP contribution is 2.14. The maximum Gasteiger partial charge on any atom is 0.244 e. The molecule has 0 spiro atoms. The van der Waals surface area contributed by atoms with Crippen LogP contribution in [-0.2, 0) is 19.9 Å². The molecule has 1 heterocycles. The molecule has 1 aromatic rings. The van der Waals surface area contributed by atoms with Gasteiger partial charge in [-0.1, -0.05) is 11.6 Å². The lowest BCUT2D eigenvalue weighted by Gasteiger charge is -2.16. The zero-order valence-electron chi connectivity index (χ0n) is 9.87. The molecule has 102 valence electrons. The first kappa shape index (κ1) is 15.4. The van der Waals surface area contributed by atoms with Gasteiger partial charge in [0.25, 0.3) is 0 Å². The van der Waals surface area contributed by atoms with Gasteiger partial charge >= 0.3 is 0 Å². The van der Waals surface area contributed by atoms with Crippen LogP contribution in [0.3, 0.4) is 0 Å². The second-order valence-corrected chi connectivity index (χ2v) is 8.46. The lowest BCUT2D eigenvalue weighted by atomic mass is 10.5. The number of rotatable bonds is 5. The summed E-state index contributed by atoms with van der Waals surface area (Å²) < 4.78 is 47.0. The van der Waals surface area contributed by atoms with E-state index in [1.165, 1.54) is 19.2 Å². The Hall–Kier alpha value is -0.700. The third kappa shape index (κ3) is 4.20. The van der Waals surface area contributed by atoms with E-state index < -0.39 is 19.9 Å². The number of pyridine rings is 1. The fraction of sp³-hybridized carbons (Fsp3) is 0.444. The number of sulfonamides is 1. The van der Waals surface area contributed by atoms with Crippen molar-refractivity contribution in [1.82, 2.24) is 9.29 Å². The molecule has 9 heteroatoms. The maximum atomic E-state index is 12.0. The van der Waals surface area contributed by atoms with E-state index in [4.69, 9.17) is 11.6 Å². The monoisotopic (exact) mass is 312 g/mol. The first-order valence-corrected chi connectivity index (χ1v) is 8.76. The SMILES string of the molecule is CN(CCS(C)(=O)=O)S(=O)(=O)c1ccc(Cl)nc1. The van der Waals surface area contributed by atoms with Gasteiger partial charge in [-0.2, -0.15) is 4.31 Å². The number of halogens is 1. The predicted molar refractivity (Wildman–Crippen MR) is 68.8 cm³/mol. The van der Waals surface area contributed by atoms with Crippen molar-refractivity contribution in [2.75, 3.05) is 25.6 Å². The van der Waals surface area contributed by atoms with Crippen molar-refractivity contribution in [1.29, 1.82) is 0 Å². The third-order valence-electron chi connectivity index (χ3n) is 2.19. The highest BCUT2D eigenvalue weighted by molar-refractivity contribution is 7.91. The smallest absolute Gasteiger partial charge is 0.243 e. The Balaban J connectivity index is 2.90. The van der Waals surface area contributed by atoms with Crippen LogP contribution in [0.1, 0.15) is 0 Å². The summed E-state index contributed by atoms with van der Waals surface area (Å²) in [6.45, 7) is -0.107. The van der Waals surface area contributed by atoms with E-state index in [2.05, 4.69) is 4.98 Å². The quantitative estimate of drug-likeness (QED) is 0.735. The van der Waals surface area contributed by atoms with Gasteiger partial charge in [-0.05, 0) is 12.1 Å². The van der Waals surface area contributed by atoms with E-state index >= 15 is 0 Å². The molecule has 0 aromatic carbocycles. The van der Waals surface area contributed by atoms with Gasteiger partial charge in [-0.3, -0.25) is 0 Å². The summed E-state index contributed by atoms with van der Waals surface area (Å²) in [4.78, 5) is 3.65. The molecule has 0 saturated carbocycles. The number of sulfone groups is 1. The summed E-state index contributed by atoms with van der Waals surface area (Å²) in [5, 5.41) is 0.188. The molecule has 1 aromatic heterocycles. The molecular formula is C9H13ClN2O4S2. The fourth-order valence-corrected chi connectivity index (χ4v) is 3.06. The van der Waals surface area contributed by atoms with Gasteiger partial charge in [-0.15, -0.1) is 0 Å². The normalized spacial score (nSPS) is 12.9. The standard InChI is InChI=1S/C9H13ClN2O4S2/c1-12(5-6-17(2,13)14)18(15,16)8-3-4-9(10)11-7-8/h3-4,7H,5-6H2,1-2H3. The molecule has 0 amide bonds. The van der Waals surface area contributed by atoms with Crippen LogP contribution in [0, 0.1) is 0 Å². The largest absolute Gasteiger partial charge is 0.244 e. The highest BCUT2D eigenvalue weighted by atomic mass is 35.5. The zero-order valence-corrected chi connectivity index (χ0v) is 12.3. The van der Waals surface area contributed by atoms with Gasteiger partial charge in [0.05, 0.1) is 5.75 Å². The zero-order chi connectivity index (χ0) is 14.0. The molecule has 18 heavy (non-hydrogen) atoms. The minimum atomic E-state index is -3.73. The minimum absolute atomic E-state index is 0.0251. The Morgan fingerprint density at radius 3 is 2.33 bits per heavy atom. The van der Waals surface area contributed by atoms with Gasteiger partial charge < -0.3 is 0 Å². The predicted octanol–water partition coefficient (Wildman–Crippen LogP) is 0.400. The minimum Gasteiger partial charge on any atom is -0.243 e. The van der Waals surface area contributed by atoms with Crippen molar-refractivity contribution in [3.8, 4) is 0 Å². The molecule has 0 radical (unpaired) electrons. The van der Waals surface area contributed by atoms with Gasteiger partial charge in [0, 0.05) is 26.0 Å². The molecule has 0 fully saturated rings. The van der Waals surface area contributed by atoms with Crippen LogP contribution >= 0.6 is 11.6 Å². The Morgan fingerprint density at radius 1 is 1.28 bits per heavy atom. The van der Waals surface area contributed by atoms with Crippen LogP contribution in [0.2, 0.25) is 5.15 Å². The molecule has 0 aliphatic rings. The van der Waals surface area contributed by atoms with Crippen LogP contribution in [0.4, 0.5) is 0 Å². The summed E-state index contributed by atoms with van der Waals surface area (Å²) in [6, 6.07) is 2.68. The summed E-state index contributed by atoms with van der Waals surface area (Å²) in [6.07, 6.45) is 2.19. The van der Waals surface area contributed by atoms with E-state index in [-0.39, 0.29) is 22.3 Å². The lowest BCUT2D eigenvalue weighted by Crippen LogP contribution is -2.31. The summed E-state index contributed by atoms with van der Waals surface area (Å²) >= 11 is 5.56. The Morgan fingerprint density at radius 2 is 1.89 bits per heavy atom. The van der Waals surface area contributed by atoms with Crippen molar-refractivity contribution < 1.29 is 16.8 Å². The number of hydrogen-bond donors (Lipinski definition) is 0. The molecule has 0 unspecified atom stereocenters. The topological polar surface area (TPSA) is 84.4 Å². The molecule has 1 rings (SSSR count). The van der Waals surface area contributed by atoms with Gasteiger partial charge in [0.2, 0.25) is 10.0 Å². The third-order valence-corrected chi connectivity index (χ3v) is 5.17. The van der Waals surface area contributed by atoms with Crippen molar-refractivity contribution in [3.05, 3.63) is 23.5 Å². The van der Waals surface area contributed by atoms with E-state index in [9.17, 15) is 16.8 Å². The van der Waals surface area contributed by atoms with E-state index in [0.717, 1.165) is 16.8 Å². The number of aromatic nitrogens is 1. The van der Waals surface area contributed by atoms with Crippen LogP contribution in [0.25, 0.3) is 0 Å². The average molecular weight is 313 g/mol. The number of hydrogen-bond acceptors (Lipinski definition) is 5. The van der Waals surface area contributed by atoms with Gasteiger partial charge in [-0.25, -0.2) is 21.8 Å². The summed E-state index contributed by atoms with van der Waals surface area (Å²) in [7, 11) is -5.63. The highest BCUT2D eigenvalue weighted by Gasteiger charge is 2.21. The van der Waals surface area contributed by atoms with Gasteiger partial charge in [0.15, 0.2) is 0 Å². The molecular weight excluding hydrogens is 300 g/mol. The molecule has 0 atom stereocenters. The molecule has 0 N–H and O–H groups in total. The molecule has 0 aliphatic heterocycles. The van der Waals surface area contributed by atoms with Crippen LogP contribution < -0.4 is 0 Å². The average Bonchev–Trinajstić information content (AvgIpc) is 2.25. The van der Waals surface area contributed by atoms with E-state index in [1.54, 1.807) is 0 Å². The fourth-order valence-electron chi connectivity index (χ4n) is 1.11. The first-order valence-electron chi connectivity index (χ1n) is 4.88. The summed E-state index contributed by atoms with van der Waals surface area (Å²) in [5.74, 6) is -0.232. The first-order chi connectivity index (χ1) is 8.13. The van der Waals surface area contributed by atoms with Crippen molar-refractivity contribution in [3.63, 3.8) is 0 Å². The lowest BCUT2D eigenvalue weighted by molar-refractivity contribution is 0.484. The van der Waals surface area contributed by atoms with Crippen molar-refractivity contribution in [2.24, 2.45) is 0 Å². The second-order valence-electron chi connectivity index (χ2n) is 3.77. The van der Waals surface area contributed by atoms with Crippen LogP contribution in [0.15, 0.2) is 23.2 Å². The van der Waals surface area contributed by atoms with Gasteiger partial charge in [0.1, 0.15) is 19.9 Å². The number of nitrogens with zero attached hydrogens (tertiary/aromatic N) is 2. The van der Waals surface area contributed by atoms with E-state index in [0.29, 0.717) is 0 Å². The molecule has 0 aliphatic carbocycles. The summed E-state index contributed by atoms with van der Waals surface area (Å²) in [5.41, 5.74) is 0. The molecule has 6 nitrogen and oxygen atoms in total. The Kier molecular flexibility index (Phi) is 4.71. The van der Waals surface area contributed by atoms with E-state index in [1.807, 2.05) is 0 Å². The van der Waals surface area contributed by atoms with Crippen molar-refractivity contribution >= 4 is 31.5 Å². The van der Waals surface area contributed by atoms with Crippen molar-refractivity contribution in [2.45, 2.75) is 4.90 Å². The second kappa shape index (κ2) is 5.52.